The molecule has 0 saturated carbocycles. The lowest BCUT2D eigenvalue weighted by atomic mass is 9.99. The number of benzene rings is 1. The lowest BCUT2D eigenvalue weighted by molar-refractivity contribution is 0.223. The second-order valence-electron chi connectivity index (χ2n) is 4.46. The smallest absolute Gasteiger partial charge is 0.115 e. The third-order valence-corrected chi connectivity index (χ3v) is 5.64. The zero-order valence-electron chi connectivity index (χ0n) is 10.4. The lowest BCUT2D eigenvalue weighted by Gasteiger charge is -2.15. The molecule has 1 heterocycles. The summed E-state index contributed by atoms with van der Waals surface area (Å²) in [4.78, 5) is 0.819. The molecule has 1 aromatic heterocycles. The number of aliphatic hydroxyl groups excluding tert-OH is 1. The molecule has 1 unspecified atom stereocenters. The first kappa shape index (κ1) is 14.1. The van der Waals surface area contributed by atoms with E-state index >= 15 is 0 Å². The van der Waals surface area contributed by atoms with Crippen molar-refractivity contribution in [3.8, 4) is 0 Å². The average Bonchev–Trinajstić information content (AvgIpc) is 2.64. The van der Waals surface area contributed by atoms with Gasteiger partial charge in [-0.05, 0) is 54.5 Å². The Morgan fingerprint density at radius 3 is 2.39 bits per heavy atom. The van der Waals surface area contributed by atoms with E-state index in [2.05, 4.69) is 15.9 Å². The highest BCUT2D eigenvalue weighted by Gasteiger charge is 2.19. The van der Waals surface area contributed by atoms with Gasteiger partial charge in [0.25, 0.3) is 0 Å². The Morgan fingerprint density at radius 2 is 1.83 bits per heavy atom. The monoisotopic (exact) mass is 344 g/mol. The summed E-state index contributed by atoms with van der Waals surface area (Å²) in [6.07, 6.45) is -0.650. The van der Waals surface area contributed by atoms with E-state index in [4.69, 9.17) is 11.6 Å². The second kappa shape index (κ2) is 5.33. The second-order valence-corrected chi connectivity index (χ2v) is 6.60. The van der Waals surface area contributed by atoms with Crippen LogP contribution in [-0.4, -0.2) is 5.11 Å². The molecule has 0 spiro atoms. The van der Waals surface area contributed by atoms with E-state index in [9.17, 15) is 5.11 Å². The standard InChI is InChI=1S/C14H14BrClOS/c1-7-5-11(15)8(2)4-10(7)13(17)14-12(16)9(3)6-18-14/h4-6,13,17H,1-3H3. The zero-order chi connectivity index (χ0) is 13.4. The molecule has 18 heavy (non-hydrogen) atoms. The maximum atomic E-state index is 10.5. The summed E-state index contributed by atoms with van der Waals surface area (Å²) in [6.45, 7) is 5.97. The molecule has 1 N–H and O–H groups in total. The fourth-order valence-corrected chi connectivity index (χ4v) is 3.63. The van der Waals surface area contributed by atoms with Crippen molar-refractivity contribution in [2.24, 2.45) is 0 Å². The highest BCUT2D eigenvalue weighted by molar-refractivity contribution is 9.10. The van der Waals surface area contributed by atoms with E-state index in [1.807, 2.05) is 38.3 Å². The minimum absolute atomic E-state index is 0.650. The van der Waals surface area contributed by atoms with Crippen molar-refractivity contribution in [3.63, 3.8) is 0 Å². The van der Waals surface area contributed by atoms with Crippen molar-refractivity contribution in [1.29, 1.82) is 0 Å². The maximum absolute atomic E-state index is 10.5. The molecule has 0 aliphatic rings. The van der Waals surface area contributed by atoms with E-state index in [-0.39, 0.29) is 0 Å². The molecule has 4 heteroatoms. The summed E-state index contributed by atoms with van der Waals surface area (Å²) in [5, 5.41) is 13.1. The number of thiophene rings is 1. The largest absolute Gasteiger partial charge is 0.383 e. The highest BCUT2D eigenvalue weighted by atomic mass is 79.9. The van der Waals surface area contributed by atoms with Crippen LogP contribution in [-0.2, 0) is 0 Å². The van der Waals surface area contributed by atoms with Gasteiger partial charge < -0.3 is 5.11 Å². The average molecular weight is 346 g/mol. The minimum atomic E-state index is -0.650. The van der Waals surface area contributed by atoms with E-state index in [1.54, 1.807) is 0 Å². The molecule has 0 aliphatic heterocycles. The van der Waals surface area contributed by atoms with Crippen LogP contribution in [0.2, 0.25) is 5.02 Å². The normalized spacial score (nSPS) is 12.8. The van der Waals surface area contributed by atoms with Crippen LogP contribution in [0.5, 0.6) is 0 Å². The molecular formula is C14H14BrClOS. The van der Waals surface area contributed by atoms with Gasteiger partial charge in [0.1, 0.15) is 6.10 Å². The van der Waals surface area contributed by atoms with Crippen molar-refractivity contribution in [2.75, 3.05) is 0 Å². The summed E-state index contributed by atoms with van der Waals surface area (Å²) in [7, 11) is 0. The molecule has 2 rings (SSSR count). The van der Waals surface area contributed by atoms with E-state index in [0.29, 0.717) is 5.02 Å². The molecule has 0 bridgehead atoms. The van der Waals surface area contributed by atoms with Crippen molar-refractivity contribution in [3.05, 3.63) is 54.1 Å². The SMILES string of the molecule is Cc1cc(C(O)c2scc(C)c2Cl)c(C)cc1Br. The number of aryl methyl sites for hydroxylation is 3. The van der Waals surface area contributed by atoms with Crippen LogP contribution in [0.3, 0.4) is 0 Å². The highest BCUT2D eigenvalue weighted by Crippen LogP contribution is 2.37. The molecule has 1 atom stereocenters. The molecule has 0 fully saturated rings. The summed E-state index contributed by atoms with van der Waals surface area (Å²) in [5.41, 5.74) is 4.10. The Balaban J connectivity index is 2.49. The minimum Gasteiger partial charge on any atom is -0.383 e. The van der Waals surface area contributed by atoms with E-state index in [0.717, 1.165) is 31.6 Å². The maximum Gasteiger partial charge on any atom is 0.115 e. The molecule has 1 aromatic carbocycles. The van der Waals surface area contributed by atoms with Gasteiger partial charge in [0.15, 0.2) is 0 Å². The fourth-order valence-electron chi connectivity index (χ4n) is 1.87. The van der Waals surface area contributed by atoms with Crippen molar-refractivity contribution in [2.45, 2.75) is 26.9 Å². The van der Waals surface area contributed by atoms with Gasteiger partial charge in [-0.25, -0.2) is 0 Å². The fraction of sp³-hybridized carbons (Fsp3) is 0.286. The first-order valence-corrected chi connectivity index (χ1v) is 7.65. The Labute approximate surface area is 125 Å². The number of hydrogen-bond donors (Lipinski definition) is 1. The quantitative estimate of drug-likeness (QED) is 0.796. The molecular weight excluding hydrogens is 332 g/mol. The van der Waals surface area contributed by atoms with Gasteiger partial charge in [-0.15, -0.1) is 11.3 Å². The molecule has 0 aliphatic carbocycles. The molecule has 1 nitrogen and oxygen atoms in total. The lowest BCUT2D eigenvalue weighted by Crippen LogP contribution is -2.01. The van der Waals surface area contributed by atoms with Crippen LogP contribution in [0.25, 0.3) is 0 Å². The number of hydrogen-bond acceptors (Lipinski definition) is 2. The first-order chi connectivity index (χ1) is 8.41. The van der Waals surface area contributed by atoms with Gasteiger partial charge in [-0.2, -0.15) is 0 Å². The van der Waals surface area contributed by atoms with Gasteiger partial charge in [-0.3, -0.25) is 0 Å². The van der Waals surface area contributed by atoms with Crippen LogP contribution in [0.15, 0.2) is 22.0 Å². The molecule has 0 radical (unpaired) electrons. The number of aliphatic hydroxyl groups is 1. The van der Waals surface area contributed by atoms with Crippen LogP contribution in [0.4, 0.5) is 0 Å². The van der Waals surface area contributed by atoms with Gasteiger partial charge >= 0.3 is 0 Å². The first-order valence-electron chi connectivity index (χ1n) is 5.60. The van der Waals surface area contributed by atoms with Crippen LogP contribution in [0, 0.1) is 20.8 Å². The van der Waals surface area contributed by atoms with Gasteiger partial charge in [0, 0.05) is 4.47 Å². The topological polar surface area (TPSA) is 20.2 Å². The third-order valence-electron chi connectivity index (χ3n) is 3.02. The molecule has 2 aromatic rings. The summed E-state index contributed by atoms with van der Waals surface area (Å²) in [5.74, 6) is 0. The Morgan fingerprint density at radius 1 is 1.17 bits per heavy atom. The van der Waals surface area contributed by atoms with Crippen LogP contribution >= 0.6 is 38.9 Å². The van der Waals surface area contributed by atoms with Gasteiger partial charge in [0.05, 0.1) is 9.90 Å². The van der Waals surface area contributed by atoms with Gasteiger partial charge in [0.2, 0.25) is 0 Å². The number of rotatable bonds is 2. The van der Waals surface area contributed by atoms with Crippen molar-refractivity contribution < 1.29 is 5.11 Å². The molecule has 0 amide bonds. The Bertz CT molecular complexity index is 592. The van der Waals surface area contributed by atoms with Crippen LogP contribution in [0.1, 0.15) is 33.2 Å². The molecule has 0 saturated heterocycles. The molecule has 96 valence electrons. The summed E-state index contributed by atoms with van der Waals surface area (Å²) in [6, 6.07) is 4.04. The van der Waals surface area contributed by atoms with Crippen molar-refractivity contribution in [1.82, 2.24) is 0 Å². The van der Waals surface area contributed by atoms with Gasteiger partial charge in [-0.1, -0.05) is 33.6 Å². The zero-order valence-corrected chi connectivity index (χ0v) is 13.6. The third kappa shape index (κ3) is 2.50. The predicted molar refractivity (Wildman–Crippen MR) is 81.7 cm³/mol. The number of halogens is 2. The summed E-state index contributed by atoms with van der Waals surface area (Å²) < 4.78 is 1.06. The summed E-state index contributed by atoms with van der Waals surface area (Å²) >= 11 is 11.2. The Kier molecular flexibility index (Phi) is 4.17. The van der Waals surface area contributed by atoms with Crippen molar-refractivity contribution >= 4 is 38.9 Å². The van der Waals surface area contributed by atoms with E-state index < -0.39 is 6.10 Å². The van der Waals surface area contributed by atoms with E-state index in [1.165, 1.54) is 11.3 Å². The predicted octanol–water partition coefficient (Wildman–Crippen LogP) is 5.17. The van der Waals surface area contributed by atoms with Crippen LogP contribution < -0.4 is 0 Å². The Hall–Kier alpha value is -0.350.